The minimum atomic E-state index is -0.153. The largest absolute Gasteiger partial charge is 0.381 e. The Hall–Kier alpha value is -1.60. The van der Waals surface area contributed by atoms with Gasteiger partial charge in [0.2, 0.25) is 0 Å². The summed E-state index contributed by atoms with van der Waals surface area (Å²) in [5, 5.41) is 4.11. The van der Waals surface area contributed by atoms with Crippen molar-refractivity contribution in [3.05, 3.63) is 28.4 Å². The van der Waals surface area contributed by atoms with Crippen LogP contribution in [0.5, 0.6) is 0 Å². The fourth-order valence-electron chi connectivity index (χ4n) is 3.57. The van der Waals surface area contributed by atoms with Crippen molar-refractivity contribution in [2.45, 2.75) is 55.6 Å². The van der Waals surface area contributed by atoms with Gasteiger partial charge in [-0.25, -0.2) is 9.97 Å². The average Bonchev–Trinajstić information content (AvgIpc) is 3.14. The molecule has 7 heteroatoms. The third kappa shape index (κ3) is 4.15. The van der Waals surface area contributed by atoms with Crippen LogP contribution in [0, 0.1) is 0 Å². The van der Waals surface area contributed by atoms with Gasteiger partial charge in [-0.1, -0.05) is 12.8 Å². The Bertz CT molecular complexity index is 782. The van der Waals surface area contributed by atoms with E-state index in [2.05, 4.69) is 20.3 Å². The van der Waals surface area contributed by atoms with E-state index in [4.69, 9.17) is 4.74 Å². The third-order valence-corrected chi connectivity index (χ3v) is 6.33. The standard InChI is InChI=1S/C18H24N4O2S/c23-18-17-15(9-13(10-19-17)20-12-3-1-2-4-12)21-16(22-18)11-25-14-5-7-24-8-6-14/h9-10,12,14,20H,1-8,11H2,(H,21,22,23). The molecule has 2 aromatic heterocycles. The molecule has 3 heterocycles. The number of thioether (sulfide) groups is 1. The van der Waals surface area contributed by atoms with Crippen LogP contribution in [0.2, 0.25) is 0 Å². The Morgan fingerprint density at radius 2 is 2.04 bits per heavy atom. The number of pyridine rings is 1. The molecule has 6 nitrogen and oxygen atoms in total. The van der Waals surface area contributed by atoms with E-state index in [1.807, 2.05) is 17.8 Å². The second kappa shape index (κ2) is 7.74. The first-order valence-corrected chi connectivity index (χ1v) is 10.2. The minimum absolute atomic E-state index is 0.153. The van der Waals surface area contributed by atoms with Gasteiger partial charge in [0.15, 0.2) is 5.52 Å². The van der Waals surface area contributed by atoms with Gasteiger partial charge in [0.25, 0.3) is 5.56 Å². The molecule has 0 bridgehead atoms. The molecule has 2 fully saturated rings. The first kappa shape index (κ1) is 16.8. The van der Waals surface area contributed by atoms with Crippen molar-refractivity contribution in [2.75, 3.05) is 18.5 Å². The predicted molar refractivity (Wildman–Crippen MR) is 101 cm³/mol. The summed E-state index contributed by atoms with van der Waals surface area (Å²) in [7, 11) is 0. The highest BCUT2D eigenvalue weighted by Gasteiger charge is 2.17. The summed E-state index contributed by atoms with van der Waals surface area (Å²) in [6, 6.07) is 2.48. The van der Waals surface area contributed by atoms with E-state index < -0.39 is 0 Å². The molecule has 2 aromatic rings. The summed E-state index contributed by atoms with van der Waals surface area (Å²) in [5.74, 6) is 1.45. The summed E-state index contributed by atoms with van der Waals surface area (Å²) < 4.78 is 5.39. The van der Waals surface area contributed by atoms with Crippen LogP contribution in [0.1, 0.15) is 44.3 Å². The molecule has 0 radical (unpaired) electrons. The molecule has 0 aromatic carbocycles. The highest BCUT2D eigenvalue weighted by molar-refractivity contribution is 7.99. The van der Waals surface area contributed by atoms with Gasteiger partial charge in [0, 0.05) is 24.5 Å². The quantitative estimate of drug-likeness (QED) is 0.853. The number of aromatic amines is 1. The van der Waals surface area contributed by atoms with Crippen molar-refractivity contribution in [1.82, 2.24) is 15.0 Å². The first-order chi connectivity index (χ1) is 12.3. The lowest BCUT2D eigenvalue weighted by molar-refractivity contribution is 0.1000. The molecular formula is C18H24N4O2S. The van der Waals surface area contributed by atoms with Crippen molar-refractivity contribution < 1.29 is 4.74 Å². The van der Waals surface area contributed by atoms with Crippen LogP contribution in [-0.4, -0.2) is 39.5 Å². The third-order valence-electron chi connectivity index (χ3n) is 4.95. The topological polar surface area (TPSA) is 79.9 Å². The van der Waals surface area contributed by atoms with Gasteiger partial charge in [0.05, 0.1) is 23.2 Å². The van der Waals surface area contributed by atoms with E-state index in [1.54, 1.807) is 6.20 Å². The molecule has 2 aliphatic rings. The van der Waals surface area contributed by atoms with Crippen LogP contribution < -0.4 is 10.9 Å². The average molecular weight is 360 g/mol. The minimum Gasteiger partial charge on any atom is -0.381 e. The predicted octanol–water partition coefficient (Wildman–Crippen LogP) is 3.08. The van der Waals surface area contributed by atoms with Gasteiger partial charge >= 0.3 is 0 Å². The number of rotatable bonds is 5. The van der Waals surface area contributed by atoms with Crippen LogP contribution in [0.3, 0.4) is 0 Å². The van der Waals surface area contributed by atoms with Crippen molar-refractivity contribution in [3.63, 3.8) is 0 Å². The van der Waals surface area contributed by atoms with Crippen LogP contribution in [0.25, 0.3) is 11.0 Å². The van der Waals surface area contributed by atoms with E-state index in [-0.39, 0.29) is 5.56 Å². The lowest BCUT2D eigenvalue weighted by Gasteiger charge is -2.21. The maximum absolute atomic E-state index is 12.3. The fraction of sp³-hybridized carbons (Fsp3) is 0.611. The van der Waals surface area contributed by atoms with Crippen molar-refractivity contribution >= 4 is 28.5 Å². The van der Waals surface area contributed by atoms with Gasteiger partial charge in [-0.15, -0.1) is 0 Å². The number of ether oxygens (including phenoxy) is 1. The number of fused-ring (bicyclic) bond motifs is 1. The Morgan fingerprint density at radius 3 is 2.84 bits per heavy atom. The van der Waals surface area contributed by atoms with E-state index in [9.17, 15) is 4.79 Å². The Labute approximate surface area is 151 Å². The summed E-state index contributed by atoms with van der Waals surface area (Å²) in [6.07, 6.45) is 8.85. The molecule has 0 amide bonds. The van der Waals surface area contributed by atoms with Crippen LogP contribution in [0.15, 0.2) is 17.1 Å². The number of hydrogen-bond donors (Lipinski definition) is 2. The number of hydrogen-bond acceptors (Lipinski definition) is 6. The van der Waals surface area contributed by atoms with E-state index in [0.717, 1.165) is 43.3 Å². The Morgan fingerprint density at radius 1 is 1.24 bits per heavy atom. The summed E-state index contributed by atoms with van der Waals surface area (Å²) >= 11 is 1.85. The van der Waals surface area contributed by atoms with Crippen molar-refractivity contribution in [3.8, 4) is 0 Å². The second-order valence-corrected chi connectivity index (χ2v) is 8.14. The SMILES string of the molecule is O=c1[nH]c(CSC2CCOCC2)nc2cc(NC3CCCC3)cnc12. The molecule has 25 heavy (non-hydrogen) atoms. The molecule has 1 saturated carbocycles. The second-order valence-electron chi connectivity index (χ2n) is 6.85. The highest BCUT2D eigenvalue weighted by Crippen LogP contribution is 2.25. The zero-order valence-electron chi connectivity index (χ0n) is 14.3. The molecule has 1 aliphatic carbocycles. The molecule has 0 spiro atoms. The summed E-state index contributed by atoms with van der Waals surface area (Å²) in [5.41, 5.74) is 1.90. The van der Waals surface area contributed by atoms with Crippen molar-refractivity contribution in [1.29, 1.82) is 0 Å². The Balaban J connectivity index is 1.50. The number of H-pyrrole nitrogens is 1. The molecule has 134 valence electrons. The fourth-order valence-corrected chi connectivity index (χ4v) is 4.63. The molecule has 1 saturated heterocycles. The maximum atomic E-state index is 12.3. The normalized spacial score (nSPS) is 19.5. The van der Waals surface area contributed by atoms with Crippen LogP contribution >= 0.6 is 11.8 Å². The number of aromatic nitrogens is 3. The smallest absolute Gasteiger partial charge is 0.277 e. The molecular weight excluding hydrogens is 336 g/mol. The summed E-state index contributed by atoms with van der Waals surface area (Å²) in [4.78, 5) is 24.1. The maximum Gasteiger partial charge on any atom is 0.277 e. The molecule has 2 N–H and O–H groups in total. The van der Waals surface area contributed by atoms with E-state index >= 15 is 0 Å². The van der Waals surface area contributed by atoms with Crippen LogP contribution in [-0.2, 0) is 10.5 Å². The molecule has 4 rings (SSSR count). The zero-order valence-corrected chi connectivity index (χ0v) is 15.1. The molecule has 0 unspecified atom stereocenters. The van der Waals surface area contributed by atoms with Crippen LogP contribution in [0.4, 0.5) is 5.69 Å². The molecule has 1 aliphatic heterocycles. The summed E-state index contributed by atoms with van der Waals surface area (Å²) in [6.45, 7) is 1.67. The lowest BCUT2D eigenvalue weighted by atomic mass is 10.2. The first-order valence-electron chi connectivity index (χ1n) is 9.13. The van der Waals surface area contributed by atoms with E-state index in [0.29, 0.717) is 22.3 Å². The number of anilines is 1. The number of nitrogens with one attached hydrogen (secondary N) is 2. The van der Waals surface area contributed by atoms with Gasteiger partial charge in [-0.05, 0) is 31.7 Å². The lowest BCUT2D eigenvalue weighted by Crippen LogP contribution is -2.19. The monoisotopic (exact) mass is 360 g/mol. The van der Waals surface area contributed by atoms with Gasteiger partial charge in [0.1, 0.15) is 5.82 Å². The zero-order chi connectivity index (χ0) is 17.1. The van der Waals surface area contributed by atoms with Gasteiger partial charge in [-0.2, -0.15) is 11.8 Å². The van der Waals surface area contributed by atoms with Gasteiger partial charge in [-0.3, -0.25) is 4.79 Å². The van der Waals surface area contributed by atoms with Crippen molar-refractivity contribution in [2.24, 2.45) is 0 Å². The highest BCUT2D eigenvalue weighted by atomic mass is 32.2. The van der Waals surface area contributed by atoms with Gasteiger partial charge < -0.3 is 15.0 Å². The molecule has 0 atom stereocenters. The Kier molecular flexibility index (Phi) is 5.22. The van der Waals surface area contributed by atoms with E-state index in [1.165, 1.54) is 25.7 Å². The number of nitrogens with zero attached hydrogens (tertiary/aromatic N) is 2.